The molecule has 0 bridgehead atoms. The van der Waals surface area contributed by atoms with E-state index in [1.165, 1.54) is 4.90 Å². The van der Waals surface area contributed by atoms with Crippen LogP contribution >= 0.6 is 0 Å². The summed E-state index contributed by atoms with van der Waals surface area (Å²) in [7, 11) is 0. The van der Waals surface area contributed by atoms with Gasteiger partial charge in [0.1, 0.15) is 0 Å². The van der Waals surface area contributed by atoms with E-state index in [4.69, 9.17) is 0 Å². The van der Waals surface area contributed by atoms with Crippen molar-refractivity contribution in [2.45, 2.75) is 6.42 Å². The number of nitrogens with one attached hydrogen (secondary N) is 2. The quantitative estimate of drug-likeness (QED) is 0.821. The Balaban J connectivity index is 1.76. The molecule has 0 saturated carbocycles. The molecule has 1 aromatic rings. The number of carbonyl (C=O) groups is 3. The molecule has 2 rings (SSSR count). The fourth-order valence-electron chi connectivity index (χ4n) is 1.81. The van der Waals surface area contributed by atoms with Gasteiger partial charge in [0.15, 0.2) is 0 Å². The van der Waals surface area contributed by atoms with E-state index in [2.05, 4.69) is 10.6 Å². The van der Waals surface area contributed by atoms with Crippen LogP contribution in [0, 0.1) is 0 Å². The molecular weight excluding hydrogens is 246 g/mol. The Kier molecular flexibility index (Phi) is 4.12. The summed E-state index contributed by atoms with van der Waals surface area (Å²) in [6.45, 7) is 1.14. The van der Waals surface area contributed by atoms with Crippen LogP contribution in [0.3, 0.4) is 0 Å². The zero-order valence-electron chi connectivity index (χ0n) is 10.4. The van der Waals surface area contributed by atoms with Crippen molar-refractivity contribution in [3.63, 3.8) is 0 Å². The van der Waals surface area contributed by atoms with Crippen molar-refractivity contribution in [2.75, 3.05) is 19.6 Å². The first-order chi connectivity index (χ1) is 9.16. The molecule has 0 spiro atoms. The highest BCUT2D eigenvalue weighted by molar-refractivity contribution is 5.96. The smallest absolute Gasteiger partial charge is 0.324 e. The molecule has 1 aromatic carbocycles. The minimum atomic E-state index is -0.398. The molecule has 4 amide bonds. The lowest BCUT2D eigenvalue weighted by Crippen LogP contribution is -2.51. The van der Waals surface area contributed by atoms with Gasteiger partial charge in [-0.1, -0.05) is 18.2 Å². The number of imide groups is 1. The summed E-state index contributed by atoms with van der Waals surface area (Å²) >= 11 is 0. The first kappa shape index (κ1) is 13.1. The van der Waals surface area contributed by atoms with Crippen molar-refractivity contribution in [1.82, 2.24) is 15.5 Å². The van der Waals surface area contributed by atoms with E-state index >= 15 is 0 Å². The highest BCUT2D eigenvalue weighted by Gasteiger charge is 2.22. The van der Waals surface area contributed by atoms with Crippen LogP contribution in [0.2, 0.25) is 0 Å². The maximum absolute atomic E-state index is 11.7. The van der Waals surface area contributed by atoms with Gasteiger partial charge in [-0.05, 0) is 12.1 Å². The summed E-state index contributed by atoms with van der Waals surface area (Å²) in [5, 5.41) is 4.97. The Labute approximate surface area is 110 Å². The Bertz CT molecular complexity index is 487. The minimum Gasteiger partial charge on any atom is -0.350 e. The van der Waals surface area contributed by atoms with E-state index in [0.29, 0.717) is 31.6 Å². The molecule has 6 nitrogen and oxygen atoms in total. The highest BCUT2D eigenvalue weighted by Crippen LogP contribution is 2.00. The molecule has 0 unspecified atom stereocenters. The number of amides is 4. The molecule has 0 radical (unpaired) electrons. The van der Waals surface area contributed by atoms with Crippen LogP contribution in [-0.4, -0.2) is 42.4 Å². The summed E-state index contributed by atoms with van der Waals surface area (Å²) in [4.78, 5) is 35.6. The molecule has 2 N–H and O–H groups in total. The van der Waals surface area contributed by atoms with Gasteiger partial charge >= 0.3 is 6.03 Å². The van der Waals surface area contributed by atoms with Crippen LogP contribution in [0.25, 0.3) is 0 Å². The van der Waals surface area contributed by atoms with Crippen molar-refractivity contribution >= 4 is 17.8 Å². The van der Waals surface area contributed by atoms with Gasteiger partial charge in [0.2, 0.25) is 5.91 Å². The average molecular weight is 261 g/mol. The van der Waals surface area contributed by atoms with Crippen LogP contribution in [0.1, 0.15) is 16.8 Å². The first-order valence-electron chi connectivity index (χ1n) is 6.09. The SMILES string of the molecule is O=C1CCN(CCNC(=O)c2ccccc2)C(=O)N1. The lowest BCUT2D eigenvalue weighted by atomic mass is 10.2. The fourth-order valence-corrected chi connectivity index (χ4v) is 1.81. The van der Waals surface area contributed by atoms with E-state index in [1.54, 1.807) is 24.3 Å². The van der Waals surface area contributed by atoms with Gasteiger partial charge in [0.25, 0.3) is 5.91 Å². The number of benzene rings is 1. The van der Waals surface area contributed by atoms with E-state index in [-0.39, 0.29) is 11.8 Å². The second-order valence-electron chi connectivity index (χ2n) is 4.21. The summed E-state index contributed by atoms with van der Waals surface area (Å²) in [5.41, 5.74) is 0.584. The normalized spacial score (nSPS) is 15.1. The second-order valence-corrected chi connectivity index (χ2v) is 4.21. The summed E-state index contributed by atoms with van der Waals surface area (Å²) in [5.74, 6) is -0.427. The van der Waals surface area contributed by atoms with E-state index in [0.717, 1.165) is 0 Å². The second kappa shape index (κ2) is 5.99. The lowest BCUT2D eigenvalue weighted by Gasteiger charge is -2.26. The molecule has 100 valence electrons. The fraction of sp³-hybridized carbons (Fsp3) is 0.308. The predicted molar refractivity (Wildman–Crippen MR) is 68.5 cm³/mol. The van der Waals surface area contributed by atoms with E-state index in [9.17, 15) is 14.4 Å². The van der Waals surface area contributed by atoms with E-state index < -0.39 is 6.03 Å². The maximum Gasteiger partial charge on any atom is 0.324 e. The molecule has 1 fully saturated rings. The van der Waals surface area contributed by atoms with Gasteiger partial charge in [-0.2, -0.15) is 0 Å². The van der Waals surface area contributed by atoms with Crippen molar-refractivity contribution in [3.05, 3.63) is 35.9 Å². The Hall–Kier alpha value is -2.37. The number of carbonyl (C=O) groups excluding carboxylic acids is 3. The van der Waals surface area contributed by atoms with Gasteiger partial charge in [0, 0.05) is 31.6 Å². The zero-order chi connectivity index (χ0) is 13.7. The predicted octanol–water partition coefficient (Wildman–Crippen LogP) is 0.358. The van der Waals surface area contributed by atoms with Gasteiger partial charge in [-0.15, -0.1) is 0 Å². The number of hydrogen-bond donors (Lipinski definition) is 2. The molecule has 6 heteroatoms. The molecule has 0 atom stereocenters. The van der Waals surface area contributed by atoms with E-state index in [1.807, 2.05) is 6.07 Å². The molecule has 1 aliphatic rings. The Morgan fingerprint density at radius 2 is 2.00 bits per heavy atom. The summed E-state index contributed by atoms with van der Waals surface area (Å²) in [6, 6.07) is 8.47. The van der Waals surface area contributed by atoms with Crippen molar-refractivity contribution in [3.8, 4) is 0 Å². The van der Waals surface area contributed by atoms with Crippen LogP contribution in [0.4, 0.5) is 4.79 Å². The van der Waals surface area contributed by atoms with Crippen LogP contribution < -0.4 is 10.6 Å². The minimum absolute atomic E-state index is 0.172. The van der Waals surface area contributed by atoms with Crippen molar-refractivity contribution in [2.24, 2.45) is 0 Å². The Morgan fingerprint density at radius 3 is 2.68 bits per heavy atom. The summed E-state index contributed by atoms with van der Waals surface area (Å²) in [6.07, 6.45) is 0.304. The molecular formula is C13H15N3O3. The van der Waals surface area contributed by atoms with Crippen LogP contribution in [-0.2, 0) is 4.79 Å². The monoisotopic (exact) mass is 261 g/mol. The third-order valence-corrected chi connectivity index (χ3v) is 2.85. The number of nitrogens with zero attached hydrogens (tertiary/aromatic N) is 1. The number of hydrogen-bond acceptors (Lipinski definition) is 3. The summed E-state index contributed by atoms with van der Waals surface area (Å²) < 4.78 is 0. The third kappa shape index (κ3) is 3.54. The standard InChI is InChI=1S/C13H15N3O3/c17-11-6-8-16(13(19)15-11)9-7-14-12(18)10-4-2-1-3-5-10/h1-5H,6-9H2,(H,14,18)(H,15,17,19). The third-order valence-electron chi connectivity index (χ3n) is 2.85. The van der Waals surface area contributed by atoms with Crippen LogP contribution in [0.5, 0.6) is 0 Å². The molecule has 1 heterocycles. The zero-order valence-corrected chi connectivity index (χ0v) is 10.4. The molecule has 1 aliphatic heterocycles. The topological polar surface area (TPSA) is 78.5 Å². The maximum atomic E-state index is 11.7. The Morgan fingerprint density at radius 1 is 1.26 bits per heavy atom. The molecule has 1 saturated heterocycles. The highest BCUT2D eigenvalue weighted by atomic mass is 16.2. The first-order valence-corrected chi connectivity index (χ1v) is 6.09. The largest absolute Gasteiger partial charge is 0.350 e. The molecule has 0 aliphatic carbocycles. The molecule has 19 heavy (non-hydrogen) atoms. The van der Waals surface area contributed by atoms with Gasteiger partial charge in [-0.3, -0.25) is 14.9 Å². The van der Waals surface area contributed by atoms with Gasteiger partial charge in [0.05, 0.1) is 0 Å². The van der Waals surface area contributed by atoms with Crippen LogP contribution in [0.15, 0.2) is 30.3 Å². The van der Waals surface area contributed by atoms with Crippen molar-refractivity contribution in [1.29, 1.82) is 0 Å². The molecule has 0 aromatic heterocycles. The average Bonchev–Trinajstić information content (AvgIpc) is 2.42. The van der Waals surface area contributed by atoms with Gasteiger partial charge in [-0.25, -0.2) is 4.79 Å². The van der Waals surface area contributed by atoms with Gasteiger partial charge < -0.3 is 10.2 Å². The number of urea groups is 1. The number of rotatable bonds is 4. The van der Waals surface area contributed by atoms with Crippen molar-refractivity contribution < 1.29 is 14.4 Å². The lowest BCUT2D eigenvalue weighted by molar-refractivity contribution is -0.121.